The third-order valence-corrected chi connectivity index (χ3v) is 12.8. The predicted octanol–water partition coefficient (Wildman–Crippen LogP) is 5.86. The molecule has 0 unspecified atom stereocenters. The highest BCUT2D eigenvalue weighted by molar-refractivity contribution is 5.26. The molecule has 6 aliphatic rings. The summed E-state index contributed by atoms with van der Waals surface area (Å²) in [5, 5.41) is 22.8. The van der Waals surface area contributed by atoms with Crippen LogP contribution in [0.5, 0.6) is 0 Å². The van der Waals surface area contributed by atoms with Crippen LogP contribution in [0, 0.1) is 45.3 Å². The van der Waals surface area contributed by atoms with E-state index >= 15 is 0 Å². The average molecular weight is 473 g/mol. The van der Waals surface area contributed by atoms with Crippen LogP contribution in [0.15, 0.2) is 11.6 Å². The monoisotopic (exact) mass is 472 g/mol. The molecule has 4 nitrogen and oxygen atoms in total. The Kier molecular flexibility index (Phi) is 4.87. The second-order valence-electron chi connectivity index (χ2n) is 15.0. The van der Waals surface area contributed by atoms with Crippen molar-refractivity contribution in [1.82, 2.24) is 0 Å². The van der Waals surface area contributed by atoms with Gasteiger partial charge in [0.15, 0.2) is 5.79 Å². The summed E-state index contributed by atoms with van der Waals surface area (Å²) in [4.78, 5) is 0. The van der Waals surface area contributed by atoms with Crippen LogP contribution in [0.25, 0.3) is 0 Å². The van der Waals surface area contributed by atoms with Crippen molar-refractivity contribution in [1.29, 1.82) is 0 Å². The molecule has 34 heavy (non-hydrogen) atoms. The Bertz CT molecular complexity index is 903. The molecule has 0 aromatic rings. The summed E-state index contributed by atoms with van der Waals surface area (Å²) in [5.41, 5.74) is 0.962. The molecule has 192 valence electrons. The van der Waals surface area contributed by atoms with E-state index in [1.54, 1.807) is 0 Å². The van der Waals surface area contributed by atoms with Crippen molar-refractivity contribution < 1.29 is 19.7 Å². The Labute approximate surface area is 206 Å². The maximum atomic E-state index is 11.9. The lowest BCUT2D eigenvalue weighted by atomic mass is 9.35. The third-order valence-electron chi connectivity index (χ3n) is 12.8. The molecule has 2 bridgehead atoms. The molecule has 4 saturated carbocycles. The number of allylic oxidation sites excluding steroid dienone is 1. The fourth-order valence-electron chi connectivity index (χ4n) is 11.6. The SMILES string of the molecule is CC(C)=C[C@H]1C[C@](C)(O)[C@@H]2[C@H]3CC[C@@H]4[C@@]5(C)CC[C@@H](O)C(C)(C)[C@@H]5CC[C@@]4(C)[C@@]34CO[C@@]2(C4)O1. The second kappa shape index (κ2) is 6.91. The molecule has 0 amide bonds. The first kappa shape index (κ1) is 23.9. The molecule has 2 heterocycles. The van der Waals surface area contributed by atoms with Gasteiger partial charge in [0.1, 0.15) is 0 Å². The molecule has 2 aliphatic heterocycles. The summed E-state index contributed by atoms with van der Waals surface area (Å²) >= 11 is 0. The van der Waals surface area contributed by atoms with Gasteiger partial charge in [-0.1, -0.05) is 39.3 Å². The molecule has 0 aromatic heterocycles. The molecular formula is C30H48O4. The van der Waals surface area contributed by atoms with Crippen molar-refractivity contribution in [2.24, 2.45) is 45.3 Å². The second-order valence-corrected chi connectivity index (χ2v) is 15.0. The fourth-order valence-corrected chi connectivity index (χ4v) is 11.6. The highest BCUT2D eigenvalue weighted by atomic mass is 16.7. The standard InChI is InChI=1S/C30H48O4/c1-18(2)14-19-15-28(7,32)24-20-8-9-22-26(5)12-11-23(31)25(3,4)21(26)10-13-27(22,6)29(20)16-30(24,34-19)33-17-29/h14,19-24,31-32H,8-13,15-17H2,1-7H3/t19-,20+,21-,22+,23+,24-,26-,27+,28-,29-,30-/m0/s1. The Balaban J connectivity index is 1.41. The van der Waals surface area contributed by atoms with Gasteiger partial charge in [0.05, 0.1) is 24.4 Å². The first-order chi connectivity index (χ1) is 15.7. The predicted molar refractivity (Wildman–Crippen MR) is 133 cm³/mol. The van der Waals surface area contributed by atoms with Crippen LogP contribution < -0.4 is 0 Å². The maximum absolute atomic E-state index is 11.9. The van der Waals surface area contributed by atoms with Gasteiger partial charge in [-0.3, -0.25) is 0 Å². The van der Waals surface area contributed by atoms with E-state index in [1.807, 2.05) is 0 Å². The molecule has 0 aromatic carbocycles. The molecule has 4 aliphatic carbocycles. The Morgan fingerprint density at radius 3 is 2.38 bits per heavy atom. The van der Waals surface area contributed by atoms with E-state index in [1.165, 1.54) is 31.3 Å². The Hall–Kier alpha value is -0.420. The molecule has 11 atom stereocenters. The molecule has 2 saturated heterocycles. The Morgan fingerprint density at radius 1 is 0.941 bits per heavy atom. The van der Waals surface area contributed by atoms with Gasteiger partial charge in [-0.2, -0.15) is 0 Å². The first-order valence-electron chi connectivity index (χ1n) is 14.1. The van der Waals surface area contributed by atoms with Crippen LogP contribution in [-0.4, -0.2) is 40.4 Å². The highest BCUT2D eigenvalue weighted by Crippen LogP contribution is 2.80. The minimum atomic E-state index is -0.775. The van der Waals surface area contributed by atoms with E-state index in [0.29, 0.717) is 24.2 Å². The van der Waals surface area contributed by atoms with Gasteiger partial charge in [-0.25, -0.2) is 0 Å². The van der Waals surface area contributed by atoms with Crippen molar-refractivity contribution in [2.75, 3.05) is 6.61 Å². The van der Waals surface area contributed by atoms with Crippen LogP contribution in [0.3, 0.4) is 0 Å². The summed E-state index contributed by atoms with van der Waals surface area (Å²) in [5.74, 6) is 1.09. The number of rotatable bonds is 1. The molecule has 6 fully saturated rings. The topological polar surface area (TPSA) is 58.9 Å². The van der Waals surface area contributed by atoms with Crippen LogP contribution in [0.4, 0.5) is 0 Å². The van der Waals surface area contributed by atoms with Crippen molar-refractivity contribution in [3.8, 4) is 0 Å². The third kappa shape index (κ3) is 2.70. The summed E-state index contributed by atoms with van der Waals surface area (Å²) < 4.78 is 13.6. The van der Waals surface area contributed by atoms with Gasteiger partial charge < -0.3 is 19.7 Å². The van der Waals surface area contributed by atoms with Gasteiger partial charge in [-0.05, 0) is 93.3 Å². The smallest absolute Gasteiger partial charge is 0.175 e. The van der Waals surface area contributed by atoms with Crippen molar-refractivity contribution in [3.05, 3.63) is 11.6 Å². The van der Waals surface area contributed by atoms with Crippen LogP contribution in [-0.2, 0) is 9.47 Å². The summed E-state index contributed by atoms with van der Waals surface area (Å²) in [6.07, 6.45) is 10.4. The number of aliphatic hydroxyl groups is 2. The molecule has 6 rings (SSSR count). The number of ether oxygens (including phenoxy) is 2. The van der Waals surface area contributed by atoms with Gasteiger partial charge in [-0.15, -0.1) is 0 Å². The normalized spacial score (nSPS) is 59.4. The van der Waals surface area contributed by atoms with Gasteiger partial charge in [0.2, 0.25) is 0 Å². The zero-order valence-electron chi connectivity index (χ0n) is 22.6. The van der Waals surface area contributed by atoms with Gasteiger partial charge >= 0.3 is 0 Å². The highest BCUT2D eigenvalue weighted by Gasteiger charge is 2.80. The van der Waals surface area contributed by atoms with E-state index < -0.39 is 11.4 Å². The fraction of sp³-hybridized carbons (Fsp3) is 0.933. The maximum Gasteiger partial charge on any atom is 0.175 e. The number of aliphatic hydroxyl groups excluding tert-OH is 1. The summed E-state index contributed by atoms with van der Waals surface area (Å²) in [7, 11) is 0. The minimum Gasteiger partial charge on any atom is -0.393 e. The number of fused-ring (bicyclic) bond motifs is 4. The van der Waals surface area contributed by atoms with Gasteiger partial charge in [0, 0.05) is 24.2 Å². The molecular weight excluding hydrogens is 424 g/mol. The summed E-state index contributed by atoms with van der Waals surface area (Å²) in [6.45, 7) is 16.9. The summed E-state index contributed by atoms with van der Waals surface area (Å²) in [6, 6.07) is 0. The molecule has 2 N–H and O–H groups in total. The molecule has 2 spiro atoms. The molecule has 4 heteroatoms. The lowest BCUT2D eigenvalue weighted by Crippen LogP contribution is -2.67. The van der Waals surface area contributed by atoms with E-state index in [-0.39, 0.29) is 39.8 Å². The minimum absolute atomic E-state index is 0.0236. The van der Waals surface area contributed by atoms with E-state index in [2.05, 4.69) is 54.5 Å². The first-order valence-corrected chi connectivity index (χ1v) is 14.1. The van der Waals surface area contributed by atoms with Gasteiger partial charge in [0.25, 0.3) is 0 Å². The number of hydrogen-bond donors (Lipinski definition) is 2. The van der Waals surface area contributed by atoms with Crippen LogP contribution in [0.2, 0.25) is 0 Å². The quantitative estimate of drug-likeness (QED) is 0.470. The van der Waals surface area contributed by atoms with Crippen molar-refractivity contribution in [3.63, 3.8) is 0 Å². The van der Waals surface area contributed by atoms with E-state index in [9.17, 15) is 10.2 Å². The largest absolute Gasteiger partial charge is 0.393 e. The zero-order chi connectivity index (χ0) is 24.5. The van der Waals surface area contributed by atoms with E-state index in [4.69, 9.17) is 9.47 Å². The average Bonchev–Trinajstić information content (AvgIpc) is 3.22. The Morgan fingerprint density at radius 2 is 1.68 bits per heavy atom. The lowest BCUT2D eigenvalue weighted by Gasteiger charge is -2.70. The zero-order valence-corrected chi connectivity index (χ0v) is 22.6. The molecule has 0 radical (unpaired) electrons. The van der Waals surface area contributed by atoms with Crippen LogP contribution in [0.1, 0.15) is 99.8 Å². The number of hydrogen-bond acceptors (Lipinski definition) is 4. The van der Waals surface area contributed by atoms with E-state index in [0.717, 1.165) is 25.9 Å². The lowest BCUT2D eigenvalue weighted by molar-refractivity contribution is -0.340. The van der Waals surface area contributed by atoms with Crippen molar-refractivity contribution >= 4 is 0 Å². The van der Waals surface area contributed by atoms with Crippen molar-refractivity contribution in [2.45, 2.75) is 123 Å². The van der Waals surface area contributed by atoms with Crippen LogP contribution >= 0.6 is 0 Å².